The smallest absolute Gasteiger partial charge is 0.410 e. The van der Waals surface area contributed by atoms with Crippen LogP contribution >= 0.6 is 0 Å². The van der Waals surface area contributed by atoms with Crippen molar-refractivity contribution in [3.8, 4) is 0 Å². The lowest BCUT2D eigenvalue weighted by molar-refractivity contribution is -0.114. The van der Waals surface area contributed by atoms with E-state index in [4.69, 9.17) is 4.74 Å². The van der Waals surface area contributed by atoms with Gasteiger partial charge in [0.05, 0.1) is 11.9 Å². The van der Waals surface area contributed by atoms with Crippen molar-refractivity contribution < 1.29 is 14.3 Å². The quantitative estimate of drug-likeness (QED) is 0.904. The average Bonchev–Trinajstić information content (AvgIpc) is 2.42. The zero-order valence-electron chi connectivity index (χ0n) is 14.5. The number of amides is 2. The average molecular weight is 319 g/mol. The van der Waals surface area contributed by atoms with Crippen LogP contribution in [0, 0.1) is 0 Å². The van der Waals surface area contributed by atoms with Crippen LogP contribution in [-0.4, -0.2) is 41.1 Å². The lowest BCUT2D eigenvalue weighted by atomic mass is 10.0. The standard InChI is InChI=1S/C17H25N3O3/c1-12(8-10-20(6)16(22)23-17(3,4)5)14-7-9-18-11-15(14)19-13(2)21/h7,9,11H,1,8,10H2,2-6H3,(H,19,21). The number of nitrogens with one attached hydrogen (secondary N) is 1. The molecule has 0 aliphatic heterocycles. The van der Waals surface area contributed by atoms with Crippen LogP contribution in [0.3, 0.4) is 0 Å². The van der Waals surface area contributed by atoms with Gasteiger partial charge in [0.1, 0.15) is 5.60 Å². The summed E-state index contributed by atoms with van der Waals surface area (Å²) in [6, 6.07) is 1.79. The second-order valence-electron chi connectivity index (χ2n) is 6.36. The second kappa shape index (κ2) is 7.76. The molecule has 1 aromatic rings. The Kier molecular flexibility index (Phi) is 6.30. The summed E-state index contributed by atoms with van der Waals surface area (Å²) in [5, 5.41) is 2.73. The maximum atomic E-state index is 11.9. The largest absolute Gasteiger partial charge is 0.444 e. The van der Waals surface area contributed by atoms with Crippen LogP contribution in [0.5, 0.6) is 0 Å². The third-order valence-electron chi connectivity index (χ3n) is 2.97. The third kappa shape index (κ3) is 6.50. The molecule has 0 spiro atoms. The summed E-state index contributed by atoms with van der Waals surface area (Å²) in [5.74, 6) is -0.169. The van der Waals surface area contributed by atoms with Crippen molar-refractivity contribution >= 4 is 23.3 Å². The molecule has 6 nitrogen and oxygen atoms in total. The number of nitrogens with zero attached hydrogens (tertiary/aromatic N) is 2. The Labute approximate surface area is 137 Å². The van der Waals surface area contributed by atoms with E-state index in [0.29, 0.717) is 18.7 Å². The molecule has 0 aromatic carbocycles. The monoisotopic (exact) mass is 319 g/mol. The molecular weight excluding hydrogens is 294 g/mol. The van der Waals surface area contributed by atoms with E-state index in [2.05, 4.69) is 16.9 Å². The molecule has 1 aromatic heterocycles. The molecule has 126 valence electrons. The van der Waals surface area contributed by atoms with Crippen LogP contribution in [0.15, 0.2) is 25.0 Å². The van der Waals surface area contributed by atoms with E-state index < -0.39 is 5.60 Å². The highest BCUT2D eigenvalue weighted by molar-refractivity contribution is 5.92. The SMILES string of the molecule is C=C(CCN(C)C(=O)OC(C)(C)C)c1ccncc1NC(C)=O. The summed E-state index contributed by atoms with van der Waals surface area (Å²) in [6.45, 7) is 11.4. The minimum Gasteiger partial charge on any atom is -0.444 e. The van der Waals surface area contributed by atoms with Crippen molar-refractivity contribution in [2.75, 3.05) is 18.9 Å². The van der Waals surface area contributed by atoms with Gasteiger partial charge in [-0.15, -0.1) is 0 Å². The van der Waals surface area contributed by atoms with Gasteiger partial charge in [-0.05, 0) is 38.8 Å². The Balaban J connectivity index is 2.67. The molecule has 0 saturated heterocycles. The minimum absolute atomic E-state index is 0.169. The lowest BCUT2D eigenvalue weighted by Crippen LogP contribution is -2.34. The number of aromatic nitrogens is 1. The zero-order valence-corrected chi connectivity index (χ0v) is 14.5. The van der Waals surface area contributed by atoms with E-state index in [1.54, 1.807) is 25.5 Å². The number of rotatable bonds is 5. The van der Waals surface area contributed by atoms with Crippen molar-refractivity contribution in [1.29, 1.82) is 0 Å². The Morgan fingerprint density at radius 3 is 2.61 bits per heavy atom. The van der Waals surface area contributed by atoms with Crippen LogP contribution in [0.4, 0.5) is 10.5 Å². The molecule has 0 fully saturated rings. The van der Waals surface area contributed by atoms with Crippen LogP contribution in [0.1, 0.15) is 39.7 Å². The number of carbonyl (C=O) groups is 2. The van der Waals surface area contributed by atoms with Gasteiger partial charge in [-0.25, -0.2) is 4.79 Å². The van der Waals surface area contributed by atoms with E-state index in [1.807, 2.05) is 20.8 Å². The molecule has 0 aliphatic rings. The molecule has 1 rings (SSSR count). The van der Waals surface area contributed by atoms with Crippen LogP contribution in [-0.2, 0) is 9.53 Å². The first-order chi connectivity index (χ1) is 10.6. The number of anilines is 1. The van der Waals surface area contributed by atoms with Crippen LogP contribution < -0.4 is 5.32 Å². The maximum Gasteiger partial charge on any atom is 0.410 e. The molecular formula is C17H25N3O3. The van der Waals surface area contributed by atoms with Crippen LogP contribution in [0.25, 0.3) is 5.57 Å². The number of hydrogen-bond acceptors (Lipinski definition) is 4. The Morgan fingerprint density at radius 1 is 1.39 bits per heavy atom. The Hall–Kier alpha value is -2.37. The van der Waals surface area contributed by atoms with Gasteiger partial charge in [-0.3, -0.25) is 9.78 Å². The first kappa shape index (κ1) is 18.7. The maximum absolute atomic E-state index is 11.9. The lowest BCUT2D eigenvalue weighted by Gasteiger charge is -2.25. The van der Waals surface area contributed by atoms with Crippen molar-refractivity contribution in [1.82, 2.24) is 9.88 Å². The number of carbonyl (C=O) groups excluding carboxylic acids is 2. The summed E-state index contributed by atoms with van der Waals surface area (Å²) in [4.78, 5) is 28.7. The van der Waals surface area contributed by atoms with E-state index in [1.165, 1.54) is 11.8 Å². The van der Waals surface area contributed by atoms with Gasteiger partial charge in [-0.2, -0.15) is 0 Å². The fourth-order valence-electron chi connectivity index (χ4n) is 1.86. The van der Waals surface area contributed by atoms with Crippen molar-refractivity contribution in [3.05, 3.63) is 30.6 Å². The van der Waals surface area contributed by atoms with Crippen molar-refractivity contribution in [2.24, 2.45) is 0 Å². The predicted molar refractivity (Wildman–Crippen MR) is 91.1 cm³/mol. The number of hydrogen-bond donors (Lipinski definition) is 1. The number of ether oxygens (including phenoxy) is 1. The normalized spacial score (nSPS) is 10.8. The molecule has 1 heterocycles. The molecule has 0 bridgehead atoms. The van der Waals surface area contributed by atoms with Crippen molar-refractivity contribution in [2.45, 2.75) is 39.7 Å². The summed E-state index contributed by atoms with van der Waals surface area (Å²) < 4.78 is 5.30. The summed E-state index contributed by atoms with van der Waals surface area (Å²) in [7, 11) is 1.68. The van der Waals surface area contributed by atoms with Crippen LogP contribution in [0.2, 0.25) is 0 Å². The summed E-state index contributed by atoms with van der Waals surface area (Å²) >= 11 is 0. The van der Waals surface area contributed by atoms with E-state index in [9.17, 15) is 9.59 Å². The fourth-order valence-corrected chi connectivity index (χ4v) is 1.86. The number of pyridine rings is 1. The molecule has 1 N–H and O–H groups in total. The van der Waals surface area contributed by atoms with Gasteiger partial charge in [0.25, 0.3) is 0 Å². The molecule has 0 radical (unpaired) electrons. The Morgan fingerprint density at radius 2 is 2.04 bits per heavy atom. The van der Waals surface area contributed by atoms with Gasteiger partial charge >= 0.3 is 6.09 Å². The molecule has 0 saturated carbocycles. The van der Waals surface area contributed by atoms with Crippen molar-refractivity contribution in [3.63, 3.8) is 0 Å². The van der Waals surface area contributed by atoms with E-state index in [0.717, 1.165) is 11.1 Å². The summed E-state index contributed by atoms with van der Waals surface area (Å²) in [5.41, 5.74) is 1.72. The molecule has 6 heteroatoms. The molecule has 23 heavy (non-hydrogen) atoms. The van der Waals surface area contributed by atoms with Gasteiger partial charge < -0.3 is 15.0 Å². The highest BCUT2D eigenvalue weighted by atomic mass is 16.6. The topological polar surface area (TPSA) is 71.5 Å². The molecule has 0 aliphatic carbocycles. The summed E-state index contributed by atoms with van der Waals surface area (Å²) in [6.07, 6.45) is 3.41. The third-order valence-corrected chi connectivity index (χ3v) is 2.97. The van der Waals surface area contributed by atoms with Gasteiger partial charge in [-0.1, -0.05) is 6.58 Å². The predicted octanol–water partition coefficient (Wildman–Crippen LogP) is 3.31. The Bertz CT molecular complexity index is 591. The van der Waals surface area contributed by atoms with Gasteiger partial charge in [0.15, 0.2) is 0 Å². The first-order valence-corrected chi connectivity index (χ1v) is 7.44. The first-order valence-electron chi connectivity index (χ1n) is 7.44. The second-order valence-corrected chi connectivity index (χ2v) is 6.36. The molecule has 0 atom stereocenters. The van der Waals surface area contributed by atoms with Gasteiger partial charge in [0.2, 0.25) is 5.91 Å². The van der Waals surface area contributed by atoms with E-state index >= 15 is 0 Å². The molecule has 0 unspecified atom stereocenters. The molecule has 2 amide bonds. The minimum atomic E-state index is -0.522. The van der Waals surface area contributed by atoms with E-state index in [-0.39, 0.29) is 12.0 Å². The zero-order chi connectivity index (χ0) is 17.6. The highest BCUT2D eigenvalue weighted by Crippen LogP contribution is 2.24. The highest BCUT2D eigenvalue weighted by Gasteiger charge is 2.19. The van der Waals surface area contributed by atoms with Gasteiger partial charge in [0, 0.05) is 32.3 Å². The fraction of sp³-hybridized carbons (Fsp3) is 0.471.